The molecule has 0 aromatic rings. The number of hydrogen-bond donors (Lipinski definition) is 0. The quantitative estimate of drug-likeness (QED) is 0.705. The van der Waals surface area contributed by atoms with Gasteiger partial charge in [-0.2, -0.15) is 0 Å². The third-order valence-corrected chi connectivity index (χ3v) is 4.69. The van der Waals surface area contributed by atoms with Crippen LogP contribution in [0.5, 0.6) is 0 Å². The van der Waals surface area contributed by atoms with E-state index in [1.54, 1.807) is 0 Å². The topological polar surface area (TPSA) is 29.5 Å². The van der Waals surface area contributed by atoms with Crippen molar-refractivity contribution in [3.63, 3.8) is 0 Å². The highest BCUT2D eigenvalue weighted by molar-refractivity contribution is 5.92. The van der Waals surface area contributed by atoms with Gasteiger partial charge in [-0.25, -0.2) is 4.79 Å². The lowest BCUT2D eigenvalue weighted by molar-refractivity contribution is -0.139. The van der Waals surface area contributed by atoms with Crippen molar-refractivity contribution in [3.05, 3.63) is 11.1 Å². The van der Waals surface area contributed by atoms with E-state index in [0.29, 0.717) is 18.7 Å². The van der Waals surface area contributed by atoms with Crippen molar-refractivity contribution >= 4 is 5.97 Å². The van der Waals surface area contributed by atoms with Gasteiger partial charge < -0.3 is 4.74 Å². The van der Waals surface area contributed by atoms with E-state index in [2.05, 4.69) is 4.90 Å². The Labute approximate surface area is 109 Å². The zero-order chi connectivity index (χ0) is 12.5. The molecule has 2 fully saturated rings. The first kappa shape index (κ1) is 12.2. The molecule has 2 aliphatic heterocycles. The molecule has 0 bridgehead atoms. The Kier molecular flexibility index (Phi) is 3.42. The molecule has 1 saturated carbocycles. The first-order valence-corrected chi connectivity index (χ1v) is 7.48. The molecule has 0 N–H and O–H groups in total. The maximum absolute atomic E-state index is 12.2. The highest BCUT2D eigenvalue weighted by Gasteiger charge is 2.44. The fraction of sp³-hybridized carbons (Fsp3) is 0.800. The molecule has 2 atom stereocenters. The van der Waals surface area contributed by atoms with E-state index in [4.69, 9.17) is 4.74 Å². The SMILES string of the molecule is CCOC(=O)C1=C2CCCC[C@H]2N2CCCC[C@H]12. The van der Waals surface area contributed by atoms with Crippen molar-refractivity contribution in [1.29, 1.82) is 0 Å². The van der Waals surface area contributed by atoms with E-state index in [0.717, 1.165) is 18.4 Å². The summed E-state index contributed by atoms with van der Waals surface area (Å²) in [5.74, 6) is -0.0335. The van der Waals surface area contributed by atoms with E-state index in [1.807, 2.05) is 6.92 Å². The molecule has 0 amide bonds. The molecule has 0 aromatic carbocycles. The Hall–Kier alpha value is -0.830. The number of rotatable bonds is 2. The van der Waals surface area contributed by atoms with Gasteiger partial charge in [-0.15, -0.1) is 0 Å². The van der Waals surface area contributed by atoms with Crippen molar-refractivity contribution in [3.8, 4) is 0 Å². The number of nitrogens with zero attached hydrogens (tertiary/aromatic N) is 1. The molecular weight excluding hydrogens is 226 g/mol. The molecule has 3 aliphatic rings. The minimum Gasteiger partial charge on any atom is -0.463 e. The van der Waals surface area contributed by atoms with Crippen LogP contribution in [-0.4, -0.2) is 36.1 Å². The zero-order valence-electron chi connectivity index (χ0n) is 11.3. The molecule has 100 valence electrons. The van der Waals surface area contributed by atoms with Crippen LogP contribution < -0.4 is 0 Å². The Bertz CT molecular complexity index is 375. The summed E-state index contributed by atoms with van der Waals surface area (Å²) < 4.78 is 5.30. The highest BCUT2D eigenvalue weighted by atomic mass is 16.5. The summed E-state index contributed by atoms with van der Waals surface area (Å²) in [5, 5.41) is 0. The second kappa shape index (κ2) is 5.04. The van der Waals surface area contributed by atoms with E-state index >= 15 is 0 Å². The molecule has 0 radical (unpaired) electrons. The van der Waals surface area contributed by atoms with Gasteiger partial charge in [-0.1, -0.05) is 12.8 Å². The molecule has 0 spiro atoms. The molecule has 1 saturated heterocycles. The predicted molar refractivity (Wildman–Crippen MR) is 70.3 cm³/mol. The number of esters is 1. The average Bonchev–Trinajstić information content (AvgIpc) is 2.73. The minimum absolute atomic E-state index is 0.0335. The predicted octanol–water partition coefficient (Wildman–Crippen LogP) is 2.66. The van der Waals surface area contributed by atoms with E-state index in [1.165, 1.54) is 44.2 Å². The fourth-order valence-corrected chi connectivity index (χ4v) is 4.00. The number of hydrogen-bond acceptors (Lipinski definition) is 3. The first-order chi connectivity index (χ1) is 8.83. The lowest BCUT2D eigenvalue weighted by atomic mass is 9.88. The highest BCUT2D eigenvalue weighted by Crippen LogP contribution is 2.43. The van der Waals surface area contributed by atoms with Gasteiger partial charge in [0.05, 0.1) is 12.2 Å². The molecular formula is C15H23NO2. The Morgan fingerprint density at radius 2 is 2.00 bits per heavy atom. The summed E-state index contributed by atoms with van der Waals surface area (Å²) in [6, 6.07) is 0.930. The normalized spacial score (nSPS) is 32.1. The van der Waals surface area contributed by atoms with Crippen LogP contribution >= 0.6 is 0 Å². The second-order valence-electron chi connectivity index (χ2n) is 5.67. The van der Waals surface area contributed by atoms with E-state index in [-0.39, 0.29) is 5.97 Å². The number of piperidine rings is 1. The van der Waals surface area contributed by atoms with Crippen LogP contribution in [0.25, 0.3) is 0 Å². The Morgan fingerprint density at radius 1 is 1.22 bits per heavy atom. The average molecular weight is 249 g/mol. The van der Waals surface area contributed by atoms with Crippen LogP contribution in [0.15, 0.2) is 11.1 Å². The maximum Gasteiger partial charge on any atom is 0.335 e. The van der Waals surface area contributed by atoms with Crippen LogP contribution in [0.4, 0.5) is 0 Å². The summed E-state index contributed by atoms with van der Waals surface area (Å²) in [5.41, 5.74) is 2.47. The molecule has 3 heteroatoms. The number of ether oxygens (including phenoxy) is 1. The van der Waals surface area contributed by atoms with E-state index < -0.39 is 0 Å². The Balaban J connectivity index is 1.92. The monoisotopic (exact) mass is 249 g/mol. The smallest absolute Gasteiger partial charge is 0.335 e. The standard InChI is InChI=1S/C15H23NO2/c1-2-18-15(17)14-11-7-3-4-8-12(11)16-10-6-5-9-13(14)16/h12-13H,2-10H2,1H3/t12-,13-/m1/s1. The first-order valence-electron chi connectivity index (χ1n) is 7.48. The minimum atomic E-state index is -0.0335. The summed E-state index contributed by atoms with van der Waals surface area (Å²) in [7, 11) is 0. The van der Waals surface area contributed by atoms with E-state index in [9.17, 15) is 4.79 Å². The molecule has 3 rings (SSSR count). The van der Waals surface area contributed by atoms with Gasteiger partial charge in [0.15, 0.2) is 0 Å². The second-order valence-corrected chi connectivity index (χ2v) is 5.67. The van der Waals surface area contributed by atoms with Crippen LogP contribution in [-0.2, 0) is 9.53 Å². The summed E-state index contributed by atoms with van der Waals surface area (Å²) in [6.07, 6.45) is 8.61. The third-order valence-electron chi connectivity index (χ3n) is 4.69. The molecule has 18 heavy (non-hydrogen) atoms. The summed E-state index contributed by atoms with van der Waals surface area (Å²) >= 11 is 0. The van der Waals surface area contributed by atoms with Gasteiger partial charge in [0.25, 0.3) is 0 Å². The van der Waals surface area contributed by atoms with Gasteiger partial charge in [0, 0.05) is 12.1 Å². The third kappa shape index (κ3) is 1.89. The number of carbonyl (C=O) groups is 1. The van der Waals surface area contributed by atoms with Crippen LogP contribution in [0, 0.1) is 0 Å². The Morgan fingerprint density at radius 3 is 2.83 bits per heavy atom. The van der Waals surface area contributed by atoms with Crippen LogP contribution in [0.2, 0.25) is 0 Å². The van der Waals surface area contributed by atoms with Gasteiger partial charge in [-0.3, -0.25) is 4.90 Å². The number of fused-ring (bicyclic) bond motifs is 3. The van der Waals surface area contributed by atoms with Crippen LogP contribution in [0.3, 0.4) is 0 Å². The lowest BCUT2D eigenvalue weighted by Gasteiger charge is -2.36. The van der Waals surface area contributed by atoms with Crippen molar-refractivity contribution in [1.82, 2.24) is 4.90 Å². The van der Waals surface area contributed by atoms with Gasteiger partial charge >= 0.3 is 5.97 Å². The molecule has 2 heterocycles. The fourth-order valence-electron chi connectivity index (χ4n) is 4.00. The van der Waals surface area contributed by atoms with Crippen molar-refractivity contribution in [2.24, 2.45) is 0 Å². The molecule has 3 nitrogen and oxygen atoms in total. The van der Waals surface area contributed by atoms with Crippen molar-refractivity contribution in [2.75, 3.05) is 13.2 Å². The molecule has 1 aliphatic carbocycles. The van der Waals surface area contributed by atoms with Crippen molar-refractivity contribution < 1.29 is 9.53 Å². The van der Waals surface area contributed by atoms with Gasteiger partial charge in [0.2, 0.25) is 0 Å². The number of carbonyl (C=O) groups excluding carboxylic acids is 1. The molecule has 0 aromatic heterocycles. The van der Waals surface area contributed by atoms with Crippen molar-refractivity contribution in [2.45, 2.75) is 64.0 Å². The maximum atomic E-state index is 12.2. The van der Waals surface area contributed by atoms with Gasteiger partial charge in [-0.05, 0) is 51.1 Å². The summed E-state index contributed by atoms with van der Waals surface area (Å²) in [6.45, 7) is 3.56. The molecule has 0 unspecified atom stereocenters. The largest absolute Gasteiger partial charge is 0.463 e. The van der Waals surface area contributed by atoms with Crippen LogP contribution in [0.1, 0.15) is 51.9 Å². The summed E-state index contributed by atoms with van der Waals surface area (Å²) in [4.78, 5) is 14.8. The zero-order valence-corrected chi connectivity index (χ0v) is 11.3. The lowest BCUT2D eigenvalue weighted by Crippen LogP contribution is -2.43. The van der Waals surface area contributed by atoms with Gasteiger partial charge in [0.1, 0.15) is 0 Å².